The van der Waals surface area contributed by atoms with Gasteiger partial charge in [-0.3, -0.25) is 0 Å². The van der Waals surface area contributed by atoms with Crippen LogP contribution < -0.4 is 5.73 Å². The highest BCUT2D eigenvalue weighted by molar-refractivity contribution is 6.31. The lowest BCUT2D eigenvalue weighted by molar-refractivity contribution is 0.191. The van der Waals surface area contributed by atoms with Crippen molar-refractivity contribution in [2.24, 2.45) is 11.7 Å². The van der Waals surface area contributed by atoms with Crippen LogP contribution in [0.3, 0.4) is 0 Å². The Balaban J connectivity index is 2.57. The molecule has 108 valence electrons. The lowest BCUT2D eigenvalue weighted by atomic mass is 10.0. The van der Waals surface area contributed by atoms with Gasteiger partial charge in [0.15, 0.2) is 0 Å². The zero-order valence-corrected chi connectivity index (χ0v) is 13.3. The Morgan fingerprint density at radius 1 is 1.16 bits per heavy atom. The van der Waals surface area contributed by atoms with Crippen molar-refractivity contribution in [1.29, 1.82) is 0 Å². The first-order chi connectivity index (χ1) is 8.91. The molecule has 1 rings (SSSR count). The van der Waals surface area contributed by atoms with E-state index < -0.39 is 0 Å². The summed E-state index contributed by atoms with van der Waals surface area (Å²) in [7, 11) is 0. The number of benzene rings is 1. The second-order valence-corrected chi connectivity index (χ2v) is 6.31. The van der Waals surface area contributed by atoms with E-state index >= 15 is 0 Å². The molecule has 0 saturated carbocycles. The summed E-state index contributed by atoms with van der Waals surface area (Å²) < 4.78 is 0. The van der Waals surface area contributed by atoms with Gasteiger partial charge in [-0.15, -0.1) is 0 Å². The van der Waals surface area contributed by atoms with Crippen LogP contribution in [-0.2, 0) is 0 Å². The predicted octanol–water partition coefficient (Wildman–Crippen LogP) is 4.10. The van der Waals surface area contributed by atoms with Crippen molar-refractivity contribution in [3.8, 4) is 0 Å². The van der Waals surface area contributed by atoms with Crippen LogP contribution in [0.1, 0.15) is 45.7 Å². The Morgan fingerprint density at radius 2 is 1.79 bits per heavy atom. The minimum atomic E-state index is 0.0158. The minimum Gasteiger partial charge on any atom is -0.324 e. The normalized spacial score (nSPS) is 13.5. The molecule has 0 radical (unpaired) electrons. The number of hydrogen-bond acceptors (Lipinski definition) is 2. The molecule has 2 nitrogen and oxygen atoms in total. The molecule has 1 aromatic carbocycles. The van der Waals surface area contributed by atoms with Crippen LogP contribution in [0.5, 0.6) is 0 Å². The van der Waals surface area contributed by atoms with Gasteiger partial charge >= 0.3 is 0 Å². The van der Waals surface area contributed by atoms with Gasteiger partial charge in [-0.1, -0.05) is 43.6 Å². The molecule has 0 amide bonds. The van der Waals surface area contributed by atoms with E-state index in [4.69, 9.17) is 17.3 Å². The van der Waals surface area contributed by atoms with E-state index in [-0.39, 0.29) is 6.04 Å². The van der Waals surface area contributed by atoms with Crippen LogP contribution in [0.2, 0.25) is 5.02 Å². The average Bonchev–Trinajstić information content (AvgIpc) is 2.34. The summed E-state index contributed by atoms with van der Waals surface area (Å²) >= 11 is 6.19. The second-order valence-electron chi connectivity index (χ2n) is 5.90. The number of nitrogens with zero attached hydrogens (tertiary/aromatic N) is 1. The van der Waals surface area contributed by atoms with Gasteiger partial charge in [0.2, 0.25) is 0 Å². The average molecular weight is 283 g/mol. The summed E-state index contributed by atoms with van der Waals surface area (Å²) in [5.74, 6) is 0.680. The zero-order chi connectivity index (χ0) is 14.4. The van der Waals surface area contributed by atoms with Gasteiger partial charge in [0.05, 0.1) is 0 Å². The fourth-order valence-electron chi connectivity index (χ4n) is 2.27. The van der Waals surface area contributed by atoms with Crippen LogP contribution in [0.4, 0.5) is 0 Å². The molecule has 0 aromatic heterocycles. The Bertz CT molecular complexity index is 377. The molecule has 0 spiro atoms. The van der Waals surface area contributed by atoms with E-state index in [9.17, 15) is 0 Å². The Morgan fingerprint density at radius 3 is 2.32 bits per heavy atom. The second kappa shape index (κ2) is 7.88. The standard InChI is InChI=1S/C16H27ClN2/c1-12(2)11-19(13(3)4)10-9-16(18)14-7-5-6-8-15(14)17/h5-8,12-13,16H,9-11,18H2,1-4H3. The predicted molar refractivity (Wildman–Crippen MR) is 84.5 cm³/mol. The topological polar surface area (TPSA) is 29.3 Å². The van der Waals surface area contributed by atoms with Gasteiger partial charge in [0, 0.05) is 30.2 Å². The summed E-state index contributed by atoms with van der Waals surface area (Å²) in [4.78, 5) is 2.49. The van der Waals surface area contributed by atoms with Crippen molar-refractivity contribution in [2.45, 2.75) is 46.2 Å². The third-order valence-corrected chi connectivity index (χ3v) is 3.71. The zero-order valence-electron chi connectivity index (χ0n) is 12.6. The van der Waals surface area contributed by atoms with Gasteiger partial charge < -0.3 is 10.6 Å². The van der Waals surface area contributed by atoms with Gasteiger partial charge in [0.1, 0.15) is 0 Å². The molecule has 19 heavy (non-hydrogen) atoms. The highest BCUT2D eigenvalue weighted by Gasteiger charge is 2.15. The molecule has 3 heteroatoms. The summed E-state index contributed by atoms with van der Waals surface area (Å²) in [5, 5.41) is 0.773. The number of rotatable bonds is 7. The molecule has 0 aliphatic carbocycles. The van der Waals surface area contributed by atoms with Crippen molar-refractivity contribution in [2.75, 3.05) is 13.1 Å². The fourth-order valence-corrected chi connectivity index (χ4v) is 2.54. The van der Waals surface area contributed by atoms with Crippen LogP contribution >= 0.6 is 11.6 Å². The SMILES string of the molecule is CC(C)CN(CCC(N)c1ccccc1Cl)C(C)C. The molecule has 1 aromatic rings. The maximum absolute atomic E-state index is 6.26. The first kappa shape index (κ1) is 16.5. The van der Waals surface area contributed by atoms with Crippen LogP contribution in [0.15, 0.2) is 24.3 Å². The van der Waals surface area contributed by atoms with E-state index in [1.54, 1.807) is 0 Å². The molecule has 2 N–H and O–H groups in total. The molecule has 1 atom stereocenters. The maximum atomic E-state index is 6.26. The lowest BCUT2D eigenvalue weighted by Gasteiger charge is -2.29. The summed E-state index contributed by atoms with van der Waals surface area (Å²) in [6.45, 7) is 11.1. The Kier molecular flexibility index (Phi) is 6.84. The fraction of sp³-hybridized carbons (Fsp3) is 0.625. The van der Waals surface area contributed by atoms with Crippen LogP contribution in [0.25, 0.3) is 0 Å². The monoisotopic (exact) mass is 282 g/mol. The third-order valence-electron chi connectivity index (χ3n) is 3.36. The van der Waals surface area contributed by atoms with E-state index in [1.807, 2.05) is 24.3 Å². The maximum Gasteiger partial charge on any atom is 0.0453 e. The van der Waals surface area contributed by atoms with Crippen molar-refractivity contribution in [3.63, 3.8) is 0 Å². The third kappa shape index (κ3) is 5.52. The van der Waals surface area contributed by atoms with Crippen molar-refractivity contribution >= 4 is 11.6 Å². The molecule has 0 fully saturated rings. The summed E-state index contributed by atoms with van der Waals surface area (Å²) in [6.07, 6.45) is 0.939. The first-order valence-corrected chi connectivity index (χ1v) is 7.53. The molecular formula is C16H27ClN2. The van der Waals surface area contributed by atoms with Crippen molar-refractivity contribution in [3.05, 3.63) is 34.9 Å². The molecular weight excluding hydrogens is 256 g/mol. The van der Waals surface area contributed by atoms with E-state index in [1.165, 1.54) is 0 Å². The van der Waals surface area contributed by atoms with Crippen LogP contribution in [-0.4, -0.2) is 24.0 Å². The van der Waals surface area contributed by atoms with E-state index in [0.717, 1.165) is 30.1 Å². The van der Waals surface area contributed by atoms with Gasteiger partial charge in [-0.2, -0.15) is 0 Å². The van der Waals surface area contributed by atoms with E-state index in [0.29, 0.717) is 12.0 Å². The van der Waals surface area contributed by atoms with Crippen molar-refractivity contribution < 1.29 is 0 Å². The van der Waals surface area contributed by atoms with Crippen LogP contribution in [0, 0.1) is 5.92 Å². The van der Waals surface area contributed by atoms with E-state index in [2.05, 4.69) is 32.6 Å². The smallest absolute Gasteiger partial charge is 0.0453 e. The quantitative estimate of drug-likeness (QED) is 0.816. The summed E-state index contributed by atoms with van der Waals surface area (Å²) in [5.41, 5.74) is 7.32. The highest BCUT2D eigenvalue weighted by atomic mass is 35.5. The number of halogens is 1. The van der Waals surface area contributed by atoms with Gasteiger partial charge in [-0.25, -0.2) is 0 Å². The summed E-state index contributed by atoms with van der Waals surface area (Å²) in [6, 6.07) is 8.44. The van der Waals surface area contributed by atoms with Crippen molar-refractivity contribution in [1.82, 2.24) is 4.90 Å². The molecule has 1 unspecified atom stereocenters. The lowest BCUT2D eigenvalue weighted by Crippen LogP contribution is -2.36. The van der Waals surface area contributed by atoms with Gasteiger partial charge in [0.25, 0.3) is 0 Å². The first-order valence-electron chi connectivity index (χ1n) is 7.15. The largest absolute Gasteiger partial charge is 0.324 e. The van der Waals surface area contributed by atoms with Gasteiger partial charge in [-0.05, 0) is 37.8 Å². The highest BCUT2D eigenvalue weighted by Crippen LogP contribution is 2.23. The molecule has 0 aliphatic heterocycles. The molecule has 0 saturated heterocycles. The molecule has 0 aliphatic rings. The Labute approximate surface area is 122 Å². The number of hydrogen-bond donors (Lipinski definition) is 1. The minimum absolute atomic E-state index is 0.0158. The molecule has 0 bridgehead atoms. The Hall–Kier alpha value is -0.570. The molecule has 0 heterocycles. The number of nitrogens with two attached hydrogens (primary N) is 1.